The van der Waals surface area contributed by atoms with Crippen molar-refractivity contribution in [3.05, 3.63) is 41.5 Å². The number of nitrogens with one attached hydrogen (secondary N) is 1. The maximum absolute atomic E-state index is 12.5. The van der Waals surface area contributed by atoms with Crippen LogP contribution >= 0.6 is 11.8 Å². The summed E-state index contributed by atoms with van der Waals surface area (Å²) >= 11 is 1.64. The predicted octanol–water partition coefficient (Wildman–Crippen LogP) is 3.09. The summed E-state index contributed by atoms with van der Waals surface area (Å²) in [4.78, 5) is 11.9. The molecule has 1 aromatic rings. The maximum Gasteiger partial charge on any atom is 0.416 e. The van der Waals surface area contributed by atoms with Gasteiger partial charge in [0.05, 0.1) is 11.2 Å². The summed E-state index contributed by atoms with van der Waals surface area (Å²) in [6.45, 7) is 1.83. The van der Waals surface area contributed by atoms with Crippen LogP contribution in [-0.4, -0.2) is 34.7 Å². The number of aliphatic hydroxyl groups is 1. The highest BCUT2D eigenvalue weighted by Crippen LogP contribution is 2.30. The molecule has 1 aliphatic rings. The third-order valence-electron chi connectivity index (χ3n) is 3.69. The molecule has 0 bridgehead atoms. The van der Waals surface area contributed by atoms with Crippen molar-refractivity contribution in [1.82, 2.24) is 5.32 Å². The normalized spacial score (nSPS) is 22.2. The Balaban J connectivity index is 1.97. The molecule has 7 heteroatoms. The molecule has 0 saturated carbocycles. The first-order chi connectivity index (χ1) is 10.7. The molecule has 23 heavy (non-hydrogen) atoms. The number of amides is 1. The van der Waals surface area contributed by atoms with Gasteiger partial charge in [-0.05, 0) is 42.4 Å². The lowest BCUT2D eigenvalue weighted by atomic mass is 10.0. The molecule has 2 N–H and O–H groups in total. The molecule has 1 saturated heterocycles. The van der Waals surface area contributed by atoms with E-state index in [9.17, 15) is 23.1 Å². The van der Waals surface area contributed by atoms with E-state index in [1.807, 2.05) is 0 Å². The molecule has 1 heterocycles. The number of carbonyl (C=O) groups excluding carboxylic acids is 1. The first-order valence-electron chi connectivity index (χ1n) is 7.13. The fraction of sp³-hybridized carbons (Fsp3) is 0.438. The van der Waals surface area contributed by atoms with E-state index in [0.717, 1.165) is 17.9 Å². The van der Waals surface area contributed by atoms with Gasteiger partial charge in [-0.25, -0.2) is 0 Å². The molecule has 2 rings (SSSR count). The van der Waals surface area contributed by atoms with E-state index in [1.54, 1.807) is 18.7 Å². The average molecular weight is 345 g/mol. The summed E-state index contributed by atoms with van der Waals surface area (Å²) in [5, 5.41) is 12.8. The van der Waals surface area contributed by atoms with Crippen LogP contribution in [0.2, 0.25) is 0 Å². The molecular formula is C16H18F3NO2S. The summed E-state index contributed by atoms with van der Waals surface area (Å²) in [5.74, 6) is 1.09. The largest absolute Gasteiger partial charge is 0.416 e. The first kappa shape index (κ1) is 17.9. The molecule has 1 unspecified atom stereocenters. The van der Waals surface area contributed by atoms with E-state index in [0.29, 0.717) is 23.3 Å². The third-order valence-corrected chi connectivity index (χ3v) is 4.92. The van der Waals surface area contributed by atoms with E-state index >= 15 is 0 Å². The van der Waals surface area contributed by atoms with Crippen LogP contribution in [0.3, 0.4) is 0 Å². The van der Waals surface area contributed by atoms with Gasteiger partial charge in [-0.1, -0.05) is 12.1 Å². The van der Waals surface area contributed by atoms with Crippen LogP contribution in [-0.2, 0) is 11.0 Å². The molecular weight excluding hydrogens is 327 g/mol. The zero-order chi connectivity index (χ0) is 17.1. The van der Waals surface area contributed by atoms with Gasteiger partial charge in [-0.3, -0.25) is 4.79 Å². The molecule has 0 aliphatic carbocycles. The van der Waals surface area contributed by atoms with Crippen LogP contribution in [0.4, 0.5) is 13.2 Å². The van der Waals surface area contributed by atoms with Gasteiger partial charge >= 0.3 is 6.18 Å². The lowest BCUT2D eigenvalue weighted by Crippen LogP contribution is -2.42. The van der Waals surface area contributed by atoms with Gasteiger partial charge in [0.2, 0.25) is 5.91 Å². The predicted molar refractivity (Wildman–Crippen MR) is 85.0 cm³/mol. The number of hydrogen-bond acceptors (Lipinski definition) is 3. The third kappa shape index (κ3) is 5.00. The minimum Gasteiger partial charge on any atom is -0.387 e. The number of halogens is 3. The highest BCUT2D eigenvalue weighted by Gasteiger charge is 2.32. The van der Waals surface area contributed by atoms with E-state index in [4.69, 9.17) is 0 Å². The fourth-order valence-corrected chi connectivity index (χ4v) is 3.54. The van der Waals surface area contributed by atoms with E-state index in [1.165, 1.54) is 18.2 Å². The molecule has 1 fully saturated rings. The van der Waals surface area contributed by atoms with Crippen molar-refractivity contribution < 1.29 is 23.1 Å². The van der Waals surface area contributed by atoms with Crippen molar-refractivity contribution in [2.75, 3.05) is 18.1 Å². The van der Waals surface area contributed by atoms with Crippen molar-refractivity contribution in [3.8, 4) is 0 Å². The van der Waals surface area contributed by atoms with Crippen molar-refractivity contribution >= 4 is 23.2 Å². The smallest absolute Gasteiger partial charge is 0.387 e. The second kappa shape index (κ2) is 6.97. The van der Waals surface area contributed by atoms with Crippen molar-refractivity contribution in [1.29, 1.82) is 0 Å². The van der Waals surface area contributed by atoms with Crippen molar-refractivity contribution in [3.63, 3.8) is 0 Å². The van der Waals surface area contributed by atoms with Crippen LogP contribution in [0, 0.1) is 0 Å². The van der Waals surface area contributed by atoms with Crippen LogP contribution in [0.25, 0.3) is 5.57 Å². The van der Waals surface area contributed by atoms with Gasteiger partial charge in [0.1, 0.15) is 0 Å². The summed E-state index contributed by atoms with van der Waals surface area (Å²) in [7, 11) is 0. The summed E-state index contributed by atoms with van der Waals surface area (Å²) in [6, 6.07) is 4.65. The number of rotatable bonds is 4. The van der Waals surface area contributed by atoms with Gasteiger partial charge in [0.15, 0.2) is 0 Å². The topological polar surface area (TPSA) is 49.3 Å². The Labute approximate surface area is 137 Å². The second-order valence-corrected chi connectivity index (χ2v) is 6.75. The van der Waals surface area contributed by atoms with Gasteiger partial charge in [0, 0.05) is 18.4 Å². The highest BCUT2D eigenvalue weighted by atomic mass is 32.2. The molecule has 3 nitrogen and oxygen atoms in total. The average Bonchev–Trinajstić information content (AvgIpc) is 2.92. The number of carbonyl (C=O) groups is 1. The van der Waals surface area contributed by atoms with Gasteiger partial charge < -0.3 is 10.4 Å². The molecule has 1 amide bonds. The van der Waals surface area contributed by atoms with Crippen LogP contribution in [0.5, 0.6) is 0 Å². The van der Waals surface area contributed by atoms with E-state index in [2.05, 4.69) is 5.32 Å². The van der Waals surface area contributed by atoms with Crippen LogP contribution in [0.1, 0.15) is 24.5 Å². The number of allylic oxidation sites excluding steroid dienone is 1. The van der Waals surface area contributed by atoms with E-state index < -0.39 is 17.3 Å². The molecule has 1 atom stereocenters. The number of alkyl halides is 3. The summed E-state index contributed by atoms with van der Waals surface area (Å²) < 4.78 is 37.5. The number of thioether (sulfide) groups is 1. The SMILES string of the molecule is C/C(=C/C(=O)NCC1(O)CCSC1)c1ccc(C(F)(F)F)cc1. The van der Waals surface area contributed by atoms with Gasteiger partial charge in [-0.2, -0.15) is 24.9 Å². The quantitative estimate of drug-likeness (QED) is 0.825. The Morgan fingerprint density at radius 2 is 2.04 bits per heavy atom. The van der Waals surface area contributed by atoms with Crippen LogP contribution in [0.15, 0.2) is 30.3 Å². The zero-order valence-corrected chi connectivity index (χ0v) is 13.4. The molecule has 1 aliphatic heterocycles. The highest BCUT2D eigenvalue weighted by molar-refractivity contribution is 7.99. The van der Waals surface area contributed by atoms with Gasteiger partial charge in [-0.15, -0.1) is 0 Å². The monoisotopic (exact) mass is 345 g/mol. The van der Waals surface area contributed by atoms with Crippen LogP contribution < -0.4 is 5.32 Å². The standard InChI is InChI=1S/C16H18F3NO2S/c1-11(12-2-4-13(5-3-12)16(17,18)19)8-14(21)20-9-15(22)6-7-23-10-15/h2-5,8,22H,6-7,9-10H2,1H3,(H,20,21)/b11-8-. The Hall–Kier alpha value is -1.47. The Morgan fingerprint density at radius 3 is 2.57 bits per heavy atom. The van der Waals surface area contributed by atoms with Crippen molar-refractivity contribution in [2.24, 2.45) is 0 Å². The Kier molecular flexibility index (Phi) is 5.41. The molecule has 126 valence electrons. The minimum atomic E-state index is -4.37. The molecule has 1 aromatic carbocycles. The molecule has 0 aromatic heterocycles. The minimum absolute atomic E-state index is 0.176. The summed E-state index contributed by atoms with van der Waals surface area (Å²) in [6.07, 6.45) is -2.41. The van der Waals surface area contributed by atoms with Crippen molar-refractivity contribution in [2.45, 2.75) is 25.1 Å². The Bertz CT molecular complexity index is 590. The Morgan fingerprint density at radius 1 is 1.39 bits per heavy atom. The zero-order valence-electron chi connectivity index (χ0n) is 12.6. The first-order valence-corrected chi connectivity index (χ1v) is 8.29. The fourth-order valence-electron chi connectivity index (χ4n) is 2.24. The maximum atomic E-state index is 12.5. The second-order valence-electron chi connectivity index (χ2n) is 5.65. The lowest BCUT2D eigenvalue weighted by Gasteiger charge is -2.21. The van der Waals surface area contributed by atoms with Gasteiger partial charge in [0.25, 0.3) is 0 Å². The number of benzene rings is 1. The van der Waals surface area contributed by atoms with E-state index in [-0.39, 0.29) is 12.5 Å². The molecule has 0 spiro atoms. The number of hydrogen-bond donors (Lipinski definition) is 2. The summed E-state index contributed by atoms with van der Waals surface area (Å²) in [5.41, 5.74) is -0.483. The lowest BCUT2D eigenvalue weighted by molar-refractivity contribution is -0.137. The molecule has 0 radical (unpaired) electrons.